The standard InChI is InChI=1S/C22H26N4O3/c1-16-20(17(2)29-24-16)12-26-14-22(9-21(26)27)13-25(7-8-28-15-22)11-19-5-3-18(10-23)4-6-19/h3-6H,7-9,11-15H2,1-2H3/t22-/m1/s1. The van der Waals surface area contributed by atoms with E-state index < -0.39 is 0 Å². The second-order valence-electron chi connectivity index (χ2n) is 8.30. The maximum atomic E-state index is 12.8. The Morgan fingerprint density at radius 3 is 2.69 bits per heavy atom. The number of benzene rings is 1. The number of ether oxygens (including phenoxy) is 1. The van der Waals surface area contributed by atoms with Gasteiger partial charge in [0.2, 0.25) is 5.91 Å². The summed E-state index contributed by atoms with van der Waals surface area (Å²) in [5.74, 6) is 0.935. The number of carbonyl (C=O) groups is 1. The van der Waals surface area contributed by atoms with Crippen LogP contribution >= 0.6 is 0 Å². The van der Waals surface area contributed by atoms with Gasteiger partial charge in [0.05, 0.1) is 37.1 Å². The number of carbonyl (C=O) groups excluding carboxylic acids is 1. The first-order valence-corrected chi connectivity index (χ1v) is 9.97. The van der Waals surface area contributed by atoms with Crippen molar-refractivity contribution in [3.05, 3.63) is 52.4 Å². The van der Waals surface area contributed by atoms with Gasteiger partial charge in [0, 0.05) is 43.6 Å². The van der Waals surface area contributed by atoms with Crippen LogP contribution in [0.15, 0.2) is 28.8 Å². The van der Waals surface area contributed by atoms with Crippen molar-refractivity contribution in [2.75, 3.05) is 32.8 Å². The number of hydrogen-bond acceptors (Lipinski definition) is 6. The van der Waals surface area contributed by atoms with Crippen LogP contribution in [-0.2, 0) is 22.6 Å². The number of rotatable bonds is 4. The van der Waals surface area contributed by atoms with Crippen LogP contribution in [0.3, 0.4) is 0 Å². The Kier molecular flexibility index (Phi) is 5.39. The number of nitriles is 1. The highest BCUT2D eigenvalue weighted by molar-refractivity contribution is 5.79. The quantitative estimate of drug-likeness (QED) is 0.792. The fourth-order valence-corrected chi connectivity index (χ4v) is 4.41. The monoisotopic (exact) mass is 394 g/mol. The average molecular weight is 394 g/mol. The molecule has 2 aliphatic heterocycles. The van der Waals surface area contributed by atoms with Gasteiger partial charge in [-0.1, -0.05) is 17.3 Å². The van der Waals surface area contributed by atoms with Crippen LogP contribution in [0.25, 0.3) is 0 Å². The number of amides is 1. The van der Waals surface area contributed by atoms with Crippen LogP contribution < -0.4 is 0 Å². The Balaban J connectivity index is 1.46. The molecule has 7 nitrogen and oxygen atoms in total. The molecule has 0 N–H and O–H groups in total. The lowest BCUT2D eigenvalue weighted by atomic mass is 9.87. The third-order valence-electron chi connectivity index (χ3n) is 5.94. The average Bonchev–Trinajstić information content (AvgIpc) is 3.10. The molecule has 4 rings (SSSR count). The van der Waals surface area contributed by atoms with Crippen molar-refractivity contribution in [2.45, 2.75) is 33.4 Å². The molecule has 0 aliphatic carbocycles. The molecular weight excluding hydrogens is 368 g/mol. The molecule has 1 spiro atoms. The van der Waals surface area contributed by atoms with Gasteiger partial charge in [-0.2, -0.15) is 5.26 Å². The zero-order valence-corrected chi connectivity index (χ0v) is 17.0. The molecule has 2 aromatic rings. The largest absolute Gasteiger partial charge is 0.379 e. The Hall–Kier alpha value is -2.69. The number of likely N-dealkylation sites (tertiary alicyclic amines) is 1. The van der Waals surface area contributed by atoms with Gasteiger partial charge in [0.25, 0.3) is 0 Å². The minimum atomic E-state index is -0.195. The summed E-state index contributed by atoms with van der Waals surface area (Å²) in [6, 6.07) is 9.86. The van der Waals surface area contributed by atoms with Crippen LogP contribution in [0.5, 0.6) is 0 Å². The lowest BCUT2D eigenvalue weighted by Crippen LogP contribution is -2.40. The lowest BCUT2D eigenvalue weighted by molar-refractivity contribution is -0.128. The molecule has 1 aromatic carbocycles. The summed E-state index contributed by atoms with van der Waals surface area (Å²) in [4.78, 5) is 17.1. The molecule has 3 heterocycles. The molecule has 2 aliphatic rings. The third-order valence-corrected chi connectivity index (χ3v) is 5.94. The summed E-state index contributed by atoms with van der Waals surface area (Å²) in [7, 11) is 0. The van der Waals surface area contributed by atoms with E-state index in [0.717, 1.165) is 42.2 Å². The fraction of sp³-hybridized carbons (Fsp3) is 0.500. The van der Waals surface area contributed by atoms with Gasteiger partial charge >= 0.3 is 0 Å². The molecule has 1 atom stereocenters. The number of hydrogen-bond donors (Lipinski definition) is 0. The predicted octanol–water partition coefficient (Wildman–Crippen LogP) is 2.41. The summed E-state index contributed by atoms with van der Waals surface area (Å²) < 4.78 is 11.2. The Morgan fingerprint density at radius 2 is 2.00 bits per heavy atom. The minimum absolute atomic E-state index is 0.161. The van der Waals surface area contributed by atoms with Crippen molar-refractivity contribution in [1.82, 2.24) is 15.0 Å². The smallest absolute Gasteiger partial charge is 0.223 e. The SMILES string of the molecule is Cc1noc(C)c1CN1C[C@@]2(COCCN(Cc3ccc(C#N)cc3)C2)CC1=O. The molecular formula is C22H26N4O3. The van der Waals surface area contributed by atoms with Crippen LogP contribution in [0.2, 0.25) is 0 Å². The van der Waals surface area contributed by atoms with Crippen LogP contribution in [0, 0.1) is 30.6 Å². The highest BCUT2D eigenvalue weighted by atomic mass is 16.5. The van der Waals surface area contributed by atoms with Crippen molar-refractivity contribution in [2.24, 2.45) is 5.41 Å². The van der Waals surface area contributed by atoms with E-state index in [4.69, 9.17) is 14.5 Å². The Labute approximate surface area is 170 Å². The molecule has 1 amide bonds. The summed E-state index contributed by atoms with van der Waals surface area (Å²) in [6.07, 6.45) is 0.500. The summed E-state index contributed by atoms with van der Waals surface area (Å²) >= 11 is 0. The first-order chi connectivity index (χ1) is 14.0. The Morgan fingerprint density at radius 1 is 1.21 bits per heavy atom. The van der Waals surface area contributed by atoms with Crippen molar-refractivity contribution in [3.8, 4) is 6.07 Å². The molecule has 29 heavy (non-hydrogen) atoms. The zero-order chi connectivity index (χ0) is 20.4. The lowest BCUT2D eigenvalue weighted by Gasteiger charge is -2.31. The summed E-state index contributed by atoms with van der Waals surface area (Å²) in [5, 5.41) is 13.0. The fourth-order valence-electron chi connectivity index (χ4n) is 4.41. The maximum absolute atomic E-state index is 12.8. The van der Waals surface area contributed by atoms with Gasteiger partial charge in [-0.3, -0.25) is 9.69 Å². The van der Waals surface area contributed by atoms with Crippen LogP contribution in [0.1, 0.15) is 34.6 Å². The van der Waals surface area contributed by atoms with Crippen molar-refractivity contribution in [3.63, 3.8) is 0 Å². The molecule has 152 valence electrons. The third kappa shape index (κ3) is 4.19. The van der Waals surface area contributed by atoms with E-state index >= 15 is 0 Å². The summed E-state index contributed by atoms with van der Waals surface area (Å²) in [5.41, 5.74) is 3.48. The molecule has 2 fully saturated rings. The molecule has 0 bridgehead atoms. The number of nitrogens with zero attached hydrogens (tertiary/aromatic N) is 4. The van der Waals surface area contributed by atoms with Gasteiger partial charge in [-0.05, 0) is 31.5 Å². The first kappa shape index (κ1) is 19.6. The van der Waals surface area contributed by atoms with Crippen molar-refractivity contribution >= 4 is 5.91 Å². The molecule has 1 aromatic heterocycles. The van der Waals surface area contributed by atoms with E-state index in [2.05, 4.69) is 16.1 Å². The van der Waals surface area contributed by atoms with Crippen molar-refractivity contribution in [1.29, 1.82) is 5.26 Å². The zero-order valence-electron chi connectivity index (χ0n) is 17.0. The van der Waals surface area contributed by atoms with E-state index in [1.165, 1.54) is 0 Å². The normalized spacial score (nSPS) is 22.8. The second kappa shape index (κ2) is 7.97. The topological polar surface area (TPSA) is 82.6 Å². The summed E-state index contributed by atoms with van der Waals surface area (Å²) in [6.45, 7) is 8.72. The van der Waals surface area contributed by atoms with Gasteiger partial charge in [-0.25, -0.2) is 0 Å². The molecule has 7 heteroatoms. The van der Waals surface area contributed by atoms with Crippen molar-refractivity contribution < 1.29 is 14.1 Å². The second-order valence-corrected chi connectivity index (χ2v) is 8.30. The predicted molar refractivity (Wildman–Crippen MR) is 106 cm³/mol. The van der Waals surface area contributed by atoms with Gasteiger partial charge in [-0.15, -0.1) is 0 Å². The van der Waals surface area contributed by atoms with E-state index in [-0.39, 0.29) is 11.3 Å². The number of aryl methyl sites for hydroxylation is 2. The number of aromatic nitrogens is 1. The first-order valence-electron chi connectivity index (χ1n) is 9.97. The molecule has 0 saturated carbocycles. The van der Waals surface area contributed by atoms with Gasteiger partial charge in [0.15, 0.2) is 0 Å². The highest BCUT2D eigenvalue weighted by Gasteiger charge is 2.45. The minimum Gasteiger partial charge on any atom is -0.379 e. The highest BCUT2D eigenvalue weighted by Crippen LogP contribution is 2.36. The maximum Gasteiger partial charge on any atom is 0.223 e. The molecule has 0 unspecified atom stereocenters. The molecule has 2 saturated heterocycles. The van der Waals surface area contributed by atoms with Crippen LogP contribution in [0.4, 0.5) is 0 Å². The van der Waals surface area contributed by atoms with E-state index in [1.807, 2.05) is 43.0 Å². The van der Waals surface area contributed by atoms with E-state index in [0.29, 0.717) is 38.3 Å². The van der Waals surface area contributed by atoms with E-state index in [1.54, 1.807) is 0 Å². The Bertz CT molecular complexity index is 911. The van der Waals surface area contributed by atoms with Crippen LogP contribution in [-0.4, -0.2) is 53.7 Å². The van der Waals surface area contributed by atoms with Gasteiger partial charge < -0.3 is 14.2 Å². The van der Waals surface area contributed by atoms with Gasteiger partial charge in [0.1, 0.15) is 5.76 Å². The van der Waals surface area contributed by atoms with E-state index in [9.17, 15) is 4.79 Å². The molecule has 0 radical (unpaired) electrons.